The van der Waals surface area contributed by atoms with E-state index in [1.807, 2.05) is 6.92 Å². The largest absolute Gasteiger partial charge is 0.785 e. The third-order valence-corrected chi connectivity index (χ3v) is 3.60. The van der Waals surface area contributed by atoms with Gasteiger partial charge in [0, 0.05) is 0 Å². The molecule has 2 heteroatoms. The first kappa shape index (κ1) is 16.9. The van der Waals surface area contributed by atoms with Crippen LogP contribution in [0.25, 0.3) is 0 Å². The molecule has 0 aliphatic carbocycles. The van der Waals surface area contributed by atoms with Gasteiger partial charge in [-0.15, -0.1) is 0 Å². The quantitative estimate of drug-likeness (QED) is 0.351. The Bertz CT molecular complexity index is 148. The highest BCUT2D eigenvalue weighted by atomic mass is 16.5. The molecule has 0 bridgehead atoms. The van der Waals surface area contributed by atoms with Crippen LogP contribution in [0.5, 0.6) is 0 Å². The Kier molecular flexibility index (Phi) is 12.3. The van der Waals surface area contributed by atoms with Crippen molar-refractivity contribution in [1.29, 1.82) is 0 Å². The molecule has 0 aromatic heterocycles. The average molecular weight is 242 g/mol. The topological polar surface area (TPSA) is 26.3 Å². The van der Waals surface area contributed by atoms with E-state index >= 15 is 0 Å². The lowest BCUT2D eigenvalue weighted by Gasteiger charge is -2.30. The summed E-state index contributed by atoms with van der Waals surface area (Å²) < 4.78 is 0. The van der Waals surface area contributed by atoms with E-state index in [-0.39, 0.29) is 6.04 Å². The molecule has 0 amide bonds. The second-order valence-corrected chi connectivity index (χ2v) is 5.37. The summed E-state index contributed by atoms with van der Waals surface area (Å²) in [4.78, 5) is 0. The summed E-state index contributed by atoms with van der Waals surface area (Å²) >= 11 is 0. The lowest BCUT2D eigenvalue weighted by molar-refractivity contribution is 0.325. The first-order valence-corrected chi connectivity index (χ1v) is 7.58. The molecule has 0 aromatic carbocycles. The summed E-state index contributed by atoms with van der Waals surface area (Å²) in [6.07, 6.45) is 14.7. The third-order valence-electron chi connectivity index (χ3n) is 3.60. The summed E-state index contributed by atoms with van der Waals surface area (Å²) in [5.74, 6) is 0. The molecule has 104 valence electrons. The van der Waals surface area contributed by atoms with Crippen LogP contribution in [-0.4, -0.2) is 18.2 Å². The van der Waals surface area contributed by atoms with Crippen molar-refractivity contribution in [2.24, 2.45) is 0 Å². The number of rotatable bonds is 12. The van der Waals surface area contributed by atoms with Gasteiger partial charge in [0.05, 0.1) is 0 Å². The van der Waals surface area contributed by atoms with Gasteiger partial charge < -0.3 is 10.3 Å². The highest BCUT2D eigenvalue weighted by Gasteiger charge is 1.99. The average Bonchev–Trinajstić information content (AvgIpc) is 2.31. The SMILES string of the molecule is CCCCCCCCCCCC[C@H](C)N(C)[O-]. The molecule has 17 heavy (non-hydrogen) atoms. The van der Waals surface area contributed by atoms with Gasteiger partial charge >= 0.3 is 0 Å². The maximum absolute atomic E-state index is 11.0. The van der Waals surface area contributed by atoms with Crippen LogP contribution in [0.15, 0.2) is 0 Å². The number of unbranched alkanes of at least 4 members (excludes halogenated alkanes) is 9. The van der Waals surface area contributed by atoms with Crippen molar-refractivity contribution in [3.63, 3.8) is 0 Å². The summed E-state index contributed by atoms with van der Waals surface area (Å²) in [5, 5.41) is 12.0. The molecule has 0 rings (SSSR count). The highest BCUT2D eigenvalue weighted by Crippen LogP contribution is 2.12. The van der Waals surface area contributed by atoms with E-state index in [2.05, 4.69) is 6.92 Å². The van der Waals surface area contributed by atoms with Crippen molar-refractivity contribution >= 4 is 0 Å². The van der Waals surface area contributed by atoms with E-state index < -0.39 is 0 Å². The van der Waals surface area contributed by atoms with Crippen LogP contribution in [0.1, 0.15) is 84.5 Å². The minimum Gasteiger partial charge on any atom is -0.785 e. The van der Waals surface area contributed by atoms with Crippen LogP contribution >= 0.6 is 0 Å². The van der Waals surface area contributed by atoms with Gasteiger partial charge in [-0.3, -0.25) is 0 Å². The fourth-order valence-electron chi connectivity index (χ4n) is 2.11. The monoisotopic (exact) mass is 242 g/mol. The fourth-order valence-corrected chi connectivity index (χ4v) is 2.11. The van der Waals surface area contributed by atoms with Crippen molar-refractivity contribution in [1.82, 2.24) is 5.06 Å². The van der Waals surface area contributed by atoms with E-state index in [1.165, 1.54) is 64.2 Å². The van der Waals surface area contributed by atoms with Crippen molar-refractivity contribution in [3.8, 4) is 0 Å². The van der Waals surface area contributed by atoms with Gasteiger partial charge in [0.2, 0.25) is 0 Å². The molecule has 0 heterocycles. The summed E-state index contributed by atoms with van der Waals surface area (Å²) in [5.41, 5.74) is 0. The molecule has 2 nitrogen and oxygen atoms in total. The lowest BCUT2D eigenvalue weighted by atomic mass is 10.0. The van der Waals surface area contributed by atoms with Gasteiger partial charge in [-0.1, -0.05) is 78.1 Å². The Morgan fingerprint density at radius 3 is 1.65 bits per heavy atom. The molecule has 0 saturated heterocycles. The molecular formula is C15H32NO-. The minimum atomic E-state index is 0.198. The molecule has 0 unspecified atom stereocenters. The molecule has 1 atom stereocenters. The smallest absolute Gasteiger partial charge is 0.00570 e. The normalized spacial score (nSPS) is 13.2. The summed E-state index contributed by atoms with van der Waals surface area (Å²) in [6, 6.07) is 0.198. The third kappa shape index (κ3) is 12.2. The second kappa shape index (κ2) is 12.4. The van der Waals surface area contributed by atoms with Gasteiger partial charge in [0.25, 0.3) is 0 Å². The maximum atomic E-state index is 11.0. The van der Waals surface area contributed by atoms with Crippen LogP contribution in [0, 0.1) is 5.21 Å². The summed E-state index contributed by atoms with van der Waals surface area (Å²) in [7, 11) is 1.63. The number of hydrogen-bond donors (Lipinski definition) is 0. The summed E-state index contributed by atoms with van der Waals surface area (Å²) in [6.45, 7) is 4.28. The van der Waals surface area contributed by atoms with Gasteiger partial charge in [-0.2, -0.15) is 0 Å². The standard InChI is InChI=1S/C15H32NO/c1-4-5-6-7-8-9-10-11-12-13-14-15(2)16(3)17/h15H,4-14H2,1-3H3/q-1/t15-/m0/s1. The van der Waals surface area contributed by atoms with Gasteiger partial charge in [-0.05, 0) is 19.5 Å². The molecule has 0 aliphatic rings. The van der Waals surface area contributed by atoms with Crippen LogP contribution < -0.4 is 0 Å². The number of nitrogens with zero attached hydrogens (tertiary/aromatic N) is 1. The first-order valence-electron chi connectivity index (χ1n) is 7.58. The van der Waals surface area contributed by atoms with Crippen molar-refractivity contribution < 1.29 is 0 Å². The van der Waals surface area contributed by atoms with Crippen molar-refractivity contribution in [2.45, 2.75) is 90.5 Å². The van der Waals surface area contributed by atoms with Gasteiger partial charge in [0.1, 0.15) is 0 Å². The van der Waals surface area contributed by atoms with E-state index in [9.17, 15) is 5.21 Å². The molecule has 0 aliphatic heterocycles. The predicted molar refractivity (Wildman–Crippen MR) is 77.1 cm³/mol. The first-order chi connectivity index (χ1) is 8.18. The van der Waals surface area contributed by atoms with Crippen molar-refractivity contribution in [2.75, 3.05) is 7.05 Å². The zero-order chi connectivity index (χ0) is 12.9. The Morgan fingerprint density at radius 2 is 1.24 bits per heavy atom. The van der Waals surface area contributed by atoms with E-state index in [4.69, 9.17) is 0 Å². The molecule has 0 aromatic rings. The highest BCUT2D eigenvalue weighted by molar-refractivity contribution is 4.62. The Labute approximate surface area is 108 Å². The van der Waals surface area contributed by atoms with Crippen molar-refractivity contribution in [3.05, 3.63) is 5.21 Å². The Morgan fingerprint density at radius 1 is 0.824 bits per heavy atom. The molecule has 0 saturated carbocycles. The number of hydrogen-bond acceptors (Lipinski definition) is 2. The second-order valence-electron chi connectivity index (χ2n) is 5.37. The van der Waals surface area contributed by atoms with Crippen LogP contribution in [0.3, 0.4) is 0 Å². The van der Waals surface area contributed by atoms with Crippen LogP contribution in [0.4, 0.5) is 0 Å². The zero-order valence-electron chi connectivity index (χ0n) is 12.2. The lowest BCUT2D eigenvalue weighted by Crippen LogP contribution is -2.22. The van der Waals surface area contributed by atoms with Gasteiger partial charge in [0.15, 0.2) is 0 Å². The molecule has 0 spiro atoms. The van der Waals surface area contributed by atoms with Crippen LogP contribution in [-0.2, 0) is 0 Å². The maximum Gasteiger partial charge on any atom is -0.00570 e. The van der Waals surface area contributed by atoms with Gasteiger partial charge in [-0.25, -0.2) is 0 Å². The zero-order valence-corrected chi connectivity index (χ0v) is 12.2. The molecular weight excluding hydrogens is 210 g/mol. The van der Waals surface area contributed by atoms with E-state index in [0.717, 1.165) is 11.5 Å². The van der Waals surface area contributed by atoms with E-state index in [0.29, 0.717) is 0 Å². The Hall–Kier alpha value is -0.0800. The number of hydroxylamine groups is 2. The molecule has 0 fully saturated rings. The fraction of sp³-hybridized carbons (Fsp3) is 1.00. The van der Waals surface area contributed by atoms with Crippen LogP contribution in [0.2, 0.25) is 0 Å². The predicted octanol–water partition coefficient (Wildman–Crippen LogP) is 5.12. The Balaban J connectivity index is 3.03. The molecule has 0 N–H and O–H groups in total. The molecule has 0 radical (unpaired) electrons. The minimum absolute atomic E-state index is 0.198. The van der Waals surface area contributed by atoms with E-state index in [1.54, 1.807) is 7.05 Å².